The van der Waals surface area contributed by atoms with Crippen LogP contribution < -0.4 is 11.9 Å². The second-order valence-corrected chi connectivity index (χ2v) is 7.97. The summed E-state index contributed by atoms with van der Waals surface area (Å²) in [7, 11) is 0. The number of hydrogen-bond donors (Lipinski definition) is 3. The first-order valence-corrected chi connectivity index (χ1v) is 8.47. The van der Waals surface area contributed by atoms with Crippen molar-refractivity contribution in [3.05, 3.63) is 0 Å². The van der Waals surface area contributed by atoms with Crippen LogP contribution in [0.15, 0.2) is 0 Å². The molecule has 0 amide bonds. The van der Waals surface area contributed by atoms with Gasteiger partial charge < -0.3 is 17.0 Å². The van der Waals surface area contributed by atoms with E-state index in [0.717, 1.165) is 19.8 Å². The lowest BCUT2D eigenvalue weighted by Crippen LogP contribution is -2.63. The molecule has 2 fully saturated rings. The lowest BCUT2D eigenvalue weighted by atomic mass is 9.79. The summed E-state index contributed by atoms with van der Waals surface area (Å²) < 4.78 is 0. The molecule has 0 aromatic carbocycles. The summed E-state index contributed by atoms with van der Waals surface area (Å²) in [5, 5.41) is 9.68. The minimum atomic E-state index is -0.833. The molecule has 2 aliphatic rings. The Morgan fingerprint density at radius 1 is 1.09 bits per heavy atom. The van der Waals surface area contributed by atoms with Gasteiger partial charge in [-0.05, 0) is 53.4 Å². The molecule has 0 aromatic rings. The van der Waals surface area contributed by atoms with E-state index >= 15 is 0 Å². The van der Waals surface area contributed by atoms with Crippen LogP contribution in [-0.4, -0.2) is 39.4 Å². The number of hydrogen-bond acceptors (Lipinski definition) is 5. The average Bonchev–Trinajstić information content (AvgIpc) is 2.33. The van der Waals surface area contributed by atoms with Gasteiger partial charge in [-0.3, -0.25) is 9.63 Å². The number of carbonyl (C=O) groups is 1. The third kappa shape index (κ3) is 7.16. The highest BCUT2D eigenvalue weighted by Crippen LogP contribution is 2.39. The summed E-state index contributed by atoms with van der Waals surface area (Å²) in [6.07, 6.45) is 8.90. The first-order chi connectivity index (χ1) is 10.0. The van der Waals surface area contributed by atoms with Gasteiger partial charge in [0.1, 0.15) is 0 Å². The molecule has 1 heterocycles. The lowest BCUT2D eigenvalue weighted by Gasteiger charge is -2.54. The van der Waals surface area contributed by atoms with Gasteiger partial charge in [-0.2, -0.15) is 5.06 Å². The molecule has 0 bridgehead atoms. The van der Waals surface area contributed by atoms with Crippen LogP contribution in [0.4, 0.5) is 0 Å². The van der Waals surface area contributed by atoms with Gasteiger partial charge in [0.05, 0.1) is 6.10 Å². The molecule has 0 unspecified atom stereocenters. The number of carboxylic acids is 1. The molecule has 2 rings (SSSR count). The number of piperidine rings is 1. The highest BCUT2D eigenvalue weighted by Gasteiger charge is 2.46. The monoisotopic (exact) mass is 331 g/mol. The molecular formula is C17H37N3O3. The minimum absolute atomic E-state index is 0. The van der Waals surface area contributed by atoms with Crippen LogP contribution >= 0.6 is 0 Å². The van der Waals surface area contributed by atoms with Crippen molar-refractivity contribution in [1.29, 1.82) is 0 Å². The molecule has 1 saturated heterocycles. The largest absolute Gasteiger partial charge is 0.481 e. The van der Waals surface area contributed by atoms with Crippen LogP contribution in [0.2, 0.25) is 0 Å². The van der Waals surface area contributed by atoms with Crippen LogP contribution in [0.5, 0.6) is 0 Å². The highest BCUT2D eigenvalue weighted by molar-refractivity contribution is 5.62. The van der Waals surface area contributed by atoms with Gasteiger partial charge in [0.25, 0.3) is 5.97 Å². The number of nitrogens with zero attached hydrogens (tertiary/aromatic N) is 1. The molecule has 6 nitrogen and oxygen atoms in total. The lowest BCUT2D eigenvalue weighted by molar-refractivity contribution is -0.309. The van der Waals surface area contributed by atoms with Crippen LogP contribution in [0.3, 0.4) is 0 Å². The topological polar surface area (TPSA) is 111 Å². The molecule has 138 valence electrons. The third-order valence-electron chi connectivity index (χ3n) is 4.43. The van der Waals surface area contributed by atoms with Crippen LogP contribution in [0.1, 0.15) is 79.6 Å². The predicted molar refractivity (Wildman–Crippen MR) is 93.5 cm³/mol. The maximum Gasteiger partial charge on any atom is 0.300 e. The van der Waals surface area contributed by atoms with Gasteiger partial charge >= 0.3 is 0 Å². The van der Waals surface area contributed by atoms with Crippen molar-refractivity contribution in [2.75, 3.05) is 0 Å². The Hall–Kier alpha value is -0.690. The Morgan fingerprint density at radius 2 is 1.48 bits per heavy atom. The fourth-order valence-electron chi connectivity index (χ4n) is 3.95. The second-order valence-electron chi connectivity index (χ2n) is 7.97. The van der Waals surface area contributed by atoms with Gasteiger partial charge in [0, 0.05) is 24.0 Å². The zero-order chi connectivity index (χ0) is 17.0. The number of hydroxylamine groups is 2. The van der Waals surface area contributed by atoms with Crippen molar-refractivity contribution < 1.29 is 14.7 Å². The van der Waals surface area contributed by atoms with Crippen molar-refractivity contribution in [3.8, 4) is 0 Å². The molecule has 1 saturated carbocycles. The van der Waals surface area contributed by atoms with Crippen molar-refractivity contribution in [2.24, 2.45) is 5.73 Å². The summed E-state index contributed by atoms with van der Waals surface area (Å²) in [4.78, 5) is 15.4. The van der Waals surface area contributed by atoms with E-state index in [9.17, 15) is 0 Å². The van der Waals surface area contributed by atoms with Gasteiger partial charge in [-0.25, -0.2) is 0 Å². The van der Waals surface area contributed by atoms with E-state index < -0.39 is 5.97 Å². The maximum atomic E-state index is 9.00. The number of nitrogens with two attached hydrogens (primary N) is 1. The summed E-state index contributed by atoms with van der Waals surface area (Å²) in [5.41, 5.74) is 6.28. The fourth-order valence-corrected chi connectivity index (χ4v) is 3.95. The smallest absolute Gasteiger partial charge is 0.300 e. The molecule has 0 aromatic heterocycles. The Bertz CT molecular complexity index is 344. The Kier molecular flexibility index (Phi) is 8.70. The quantitative estimate of drug-likeness (QED) is 0.714. The first-order valence-electron chi connectivity index (χ1n) is 8.47. The number of aliphatic carboxylic acids is 1. The van der Waals surface area contributed by atoms with Gasteiger partial charge in [-0.15, -0.1) is 0 Å². The van der Waals surface area contributed by atoms with E-state index in [1.54, 1.807) is 0 Å². The van der Waals surface area contributed by atoms with Crippen LogP contribution in [-0.2, 0) is 9.63 Å². The van der Waals surface area contributed by atoms with Crippen molar-refractivity contribution in [2.45, 2.75) is 103 Å². The highest BCUT2D eigenvalue weighted by atomic mass is 16.7. The maximum absolute atomic E-state index is 9.00. The van der Waals surface area contributed by atoms with Gasteiger partial charge in [-0.1, -0.05) is 19.3 Å². The molecule has 6 heteroatoms. The van der Waals surface area contributed by atoms with Gasteiger partial charge in [0.15, 0.2) is 0 Å². The van der Waals surface area contributed by atoms with E-state index in [0.29, 0.717) is 12.1 Å². The van der Waals surface area contributed by atoms with E-state index in [2.05, 4.69) is 32.8 Å². The average molecular weight is 332 g/mol. The normalized spacial score (nSPS) is 25.0. The Labute approximate surface area is 141 Å². The van der Waals surface area contributed by atoms with E-state index in [4.69, 9.17) is 20.5 Å². The second kappa shape index (κ2) is 8.97. The Morgan fingerprint density at radius 3 is 1.87 bits per heavy atom. The zero-order valence-electron chi connectivity index (χ0n) is 15.6. The van der Waals surface area contributed by atoms with Gasteiger partial charge in [0.2, 0.25) is 0 Å². The molecular weight excluding hydrogens is 294 g/mol. The van der Waals surface area contributed by atoms with Crippen molar-refractivity contribution in [1.82, 2.24) is 11.2 Å². The molecule has 23 heavy (non-hydrogen) atoms. The summed E-state index contributed by atoms with van der Waals surface area (Å²) in [6, 6.07) is 0.293. The fraction of sp³-hybridized carbons (Fsp3) is 0.941. The van der Waals surface area contributed by atoms with Crippen LogP contribution in [0, 0.1) is 0 Å². The third-order valence-corrected chi connectivity index (χ3v) is 4.43. The minimum Gasteiger partial charge on any atom is -0.481 e. The zero-order valence-corrected chi connectivity index (χ0v) is 15.6. The van der Waals surface area contributed by atoms with Crippen LogP contribution in [0.25, 0.3) is 0 Å². The molecule has 6 N–H and O–H groups in total. The SMILES string of the molecule is CC(=O)O.CC1(C)CC(N)CC(C)(C)N1OC1CCCCC1.N. The molecule has 1 aliphatic heterocycles. The standard InChI is InChI=1S/C15H30N2O.C2H4O2.H3N/c1-14(2)10-12(16)11-15(3,4)17(14)18-13-8-6-5-7-9-13;1-2(3)4;/h12-13H,5-11,16H2,1-4H3;1H3,(H,3,4);1H3. The molecule has 0 radical (unpaired) electrons. The van der Waals surface area contributed by atoms with Crippen molar-refractivity contribution in [3.63, 3.8) is 0 Å². The molecule has 1 aliphatic carbocycles. The number of carboxylic acid groups (broad SMARTS) is 1. The van der Waals surface area contributed by atoms with E-state index in [1.165, 1.54) is 32.1 Å². The summed E-state index contributed by atoms with van der Waals surface area (Å²) in [5.74, 6) is -0.833. The molecule has 0 spiro atoms. The number of rotatable bonds is 2. The Balaban J connectivity index is 0.000000871. The first kappa shape index (κ1) is 22.3. The summed E-state index contributed by atoms with van der Waals surface area (Å²) >= 11 is 0. The van der Waals surface area contributed by atoms with Crippen molar-refractivity contribution >= 4 is 5.97 Å². The van der Waals surface area contributed by atoms with E-state index in [1.807, 2.05) is 0 Å². The molecule has 0 atom stereocenters. The summed E-state index contributed by atoms with van der Waals surface area (Å²) in [6.45, 7) is 10.1. The van der Waals surface area contributed by atoms with E-state index in [-0.39, 0.29) is 17.2 Å². The predicted octanol–water partition coefficient (Wildman–Crippen LogP) is 3.48.